The minimum atomic E-state index is -0.887. The number of carboxylic acids is 1. The number of aromatic nitrogens is 7. The zero-order valence-corrected chi connectivity index (χ0v) is 16.5. The summed E-state index contributed by atoms with van der Waals surface area (Å²) in [4.78, 5) is 19.5. The predicted octanol–water partition coefficient (Wildman–Crippen LogP) is 1.35. The quantitative estimate of drug-likeness (QED) is 0.318. The number of aliphatic carboxylic acids is 1. The van der Waals surface area contributed by atoms with Crippen LogP contribution in [0.3, 0.4) is 0 Å². The summed E-state index contributed by atoms with van der Waals surface area (Å²) in [6.45, 7) is 1.43. The van der Waals surface area contributed by atoms with E-state index in [4.69, 9.17) is 15.6 Å². The number of ether oxygens (including phenoxy) is 1. The Kier molecular flexibility index (Phi) is 5.98. The van der Waals surface area contributed by atoms with E-state index in [2.05, 4.69) is 30.7 Å². The number of carbonyl (C=O) groups is 1. The Balaban J connectivity index is 1.50. The van der Waals surface area contributed by atoms with Crippen molar-refractivity contribution < 1.29 is 14.6 Å². The highest BCUT2D eigenvalue weighted by Gasteiger charge is 2.12. The highest BCUT2D eigenvalue weighted by molar-refractivity contribution is 5.72. The molecule has 3 heterocycles. The fraction of sp³-hybridized carbons (Fsp3) is 0.263. The van der Waals surface area contributed by atoms with Crippen LogP contribution in [-0.4, -0.2) is 59.0 Å². The number of anilines is 2. The SMILES string of the molecule is NCCCOc1ccc(Nc2ncc3nnn(-c4cnn(CCC(=O)O)c4)c3n2)cc1. The number of nitrogens with two attached hydrogens (primary N) is 1. The standard InChI is InChI=1S/C19H21N9O3/c20-7-1-9-31-15-4-2-13(3-5-15)23-19-21-11-16-18(24-19)28(26-25-16)14-10-22-27(12-14)8-6-17(29)30/h2-5,10-12H,1,6-9,20H2,(H,29,30)(H,21,23,24). The van der Waals surface area contributed by atoms with Crippen molar-refractivity contribution in [1.29, 1.82) is 0 Å². The third kappa shape index (κ3) is 4.93. The fourth-order valence-electron chi connectivity index (χ4n) is 2.79. The molecule has 0 bridgehead atoms. The van der Waals surface area contributed by atoms with Gasteiger partial charge in [0.1, 0.15) is 11.4 Å². The first-order chi connectivity index (χ1) is 15.1. The van der Waals surface area contributed by atoms with Gasteiger partial charge in [0, 0.05) is 5.69 Å². The Morgan fingerprint density at radius 2 is 2.06 bits per heavy atom. The van der Waals surface area contributed by atoms with Gasteiger partial charge in [0.2, 0.25) is 5.95 Å². The molecule has 12 nitrogen and oxygen atoms in total. The van der Waals surface area contributed by atoms with Gasteiger partial charge in [-0.25, -0.2) is 4.98 Å². The molecule has 0 atom stereocenters. The average molecular weight is 423 g/mol. The molecule has 4 rings (SSSR count). The maximum absolute atomic E-state index is 10.7. The van der Waals surface area contributed by atoms with Crippen molar-refractivity contribution in [2.45, 2.75) is 19.4 Å². The van der Waals surface area contributed by atoms with E-state index in [1.807, 2.05) is 24.3 Å². The summed E-state index contributed by atoms with van der Waals surface area (Å²) < 4.78 is 8.66. The Bertz CT molecular complexity index is 1170. The average Bonchev–Trinajstić information content (AvgIpc) is 3.40. The number of benzene rings is 1. The van der Waals surface area contributed by atoms with Crippen LogP contribution in [-0.2, 0) is 11.3 Å². The van der Waals surface area contributed by atoms with Crippen molar-refractivity contribution in [3.8, 4) is 11.4 Å². The van der Waals surface area contributed by atoms with E-state index in [1.165, 1.54) is 9.36 Å². The summed E-state index contributed by atoms with van der Waals surface area (Å²) in [6.07, 6.45) is 5.62. The number of nitrogens with one attached hydrogen (secondary N) is 1. The van der Waals surface area contributed by atoms with Gasteiger partial charge in [-0.3, -0.25) is 9.48 Å². The lowest BCUT2D eigenvalue weighted by Crippen LogP contribution is -2.06. The van der Waals surface area contributed by atoms with Gasteiger partial charge in [-0.05, 0) is 37.2 Å². The third-order valence-electron chi connectivity index (χ3n) is 4.34. The van der Waals surface area contributed by atoms with Crippen molar-refractivity contribution in [1.82, 2.24) is 34.7 Å². The van der Waals surface area contributed by atoms with E-state index < -0.39 is 5.97 Å². The van der Waals surface area contributed by atoms with Crippen LogP contribution in [0.25, 0.3) is 16.9 Å². The number of carboxylic acid groups (broad SMARTS) is 1. The number of aryl methyl sites for hydroxylation is 1. The topological polar surface area (TPSA) is 159 Å². The van der Waals surface area contributed by atoms with Crippen LogP contribution in [0.4, 0.5) is 11.6 Å². The Morgan fingerprint density at radius 3 is 2.84 bits per heavy atom. The Labute approximate surface area is 176 Å². The lowest BCUT2D eigenvalue weighted by molar-refractivity contribution is -0.137. The fourth-order valence-corrected chi connectivity index (χ4v) is 2.79. The second-order valence-corrected chi connectivity index (χ2v) is 6.65. The molecule has 0 aliphatic rings. The van der Waals surface area contributed by atoms with E-state index >= 15 is 0 Å². The molecule has 1 aromatic carbocycles. The zero-order chi connectivity index (χ0) is 21.6. The maximum atomic E-state index is 10.7. The van der Waals surface area contributed by atoms with Crippen molar-refractivity contribution in [3.05, 3.63) is 42.9 Å². The normalized spacial score (nSPS) is 11.0. The molecule has 4 aromatic rings. The lowest BCUT2D eigenvalue weighted by atomic mass is 10.3. The van der Waals surface area contributed by atoms with Crippen LogP contribution < -0.4 is 15.8 Å². The lowest BCUT2D eigenvalue weighted by Gasteiger charge is -2.08. The van der Waals surface area contributed by atoms with E-state index in [0.29, 0.717) is 36.0 Å². The molecule has 0 saturated heterocycles. The largest absolute Gasteiger partial charge is 0.494 e. The number of nitrogens with zero attached hydrogens (tertiary/aromatic N) is 7. The first kappa shape index (κ1) is 20.2. The van der Waals surface area contributed by atoms with Crippen LogP contribution in [0.1, 0.15) is 12.8 Å². The van der Waals surface area contributed by atoms with E-state index in [-0.39, 0.29) is 13.0 Å². The van der Waals surface area contributed by atoms with Crippen LogP contribution in [0.15, 0.2) is 42.9 Å². The van der Waals surface area contributed by atoms with Crippen LogP contribution in [0, 0.1) is 0 Å². The van der Waals surface area contributed by atoms with Gasteiger partial charge in [-0.1, -0.05) is 5.21 Å². The first-order valence-corrected chi connectivity index (χ1v) is 9.65. The molecule has 31 heavy (non-hydrogen) atoms. The molecule has 0 spiro atoms. The maximum Gasteiger partial charge on any atom is 0.305 e. The minimum absolute atomic E-state index is 0.0215. The van der Waals surface area contributed by atoms with Gasteiger partial charge >= 0.3 is 5.97 Å². The summed E-state index contributed by atoms with van der Waals surface area (Å²) in [5.74, 6) is 0.255. The van der Waals surface area contributed by atoms with Crippen molar-refractivity contribution in [3.63, 3.8) is 0 Å². The van der Waals surface area contributed by atoms with E-state index in [0.717, 1.165) is 17.9 Å². The van der Waals surface area contributed by atoms with Crippen LogP contribution >= 0.6 is 0 Å². The third-order valence-corrected chi connectivity index (χ3v) is 4.34. The molecule has 0 amide bonds. The van der Waals surface area contributed by atoms with Gasteiger partial charge in [0.25, 0.3) is 0 Å². The molecule has 0 radical (unpaired) electrons. The zero-order valence-electron chi connectivity index (χ0n) is 16.5. The number of hydrogen-bond acceptors (Lipinski definition) is 9. The monoisotopic (exact) mass is 423 g/mol. The highest BCUT2D eigenvalue weighted by atomic mass is 16.5. The van der Waals surface area contributed by atoms with Gasteiger partial charge < -0.3 is 20.9 Å². The molecule has 160 valence electrons. The number of rotatable bonds is 10. The summed E-state index contributed by atoms with van der Waals surface area (Å²) in [6, 6.07) is 7.45. The van der Waals surface area contributed by atoms with Gasteiger partial charge in [-0.15, -0.1) is 5.10 Å². The summed E-state index contributed by atoms with van der Waals surface area (Å²) in [5, 5.41) is 24.3. The minimum Gasteiger partial charge on any atom is -0.494 e. The summed E-state index contributed by atoms with van der Waals surface area (Å²) in [5.41, 5.74) is 7.90. The molecule has 4 N–H and O–H groups in total. The molecule has 0 aliphatic carbocycles. The van der Waals surface area contributed by atoms with Crippen LogP contribution in [0.2, 0.25) is 0 Å². The molecular formula is C19H21N9O3. The second-order valence-electron chi connectivity index (χ2n) is 6.65. The molecular weight excluding hydrogens is 402 g/mol. The molecule has 3 aromatic heterocycles. The molecule has 0 unspecified atom stereocenters. The molecule has 0 saturated carbocycles. The van der Waals surface area contributed by atoms with Gasteiger partial charge in [-0.2, -0.15) is 14.8 Å². The van der Waals surface area contributed by atoms with Gasteiger partial charge in [0.15, 0.2) is 11.2 Å². The Morgan fingerprint density at radius 1 is 1.23 bits per heavy atom. The van der Waals surface area contributed by atoms with Crippen molar-refractivity contribution in [2.24, 2.45) is 5.73 Å². The number of fused-ring (bicyclic) bond motifs is 1. The Hall–Kier alpha value is -4.06. The summed E-state index contributed by atoms with van der Waals surface area (Å²) in [7, 11) is 0. The van der Waals surface area contributed by atoms with Crippen molar-refractivity contribution in [2.75, 3.05) is 18.5 Å². The number of hydrogen-bond donors (Lipinski definition) is 3. The smallest absolute Gasteiger partial charge is 0.305 e. The van der Waals surface area contributed by atoms with E-state index in [1.54, 1.807) is 18.6 Å². The first-order valence-electron chi connectivity index (χ1n) is 9.65. The van der Waals surface area contributed by atoms with Crippen molar-refractivity contribution >= 4 is 28.8 Å². The molecule has 0 fully saturated rings. The second kappa shape index (κ2) is 9.17. The molecule has 12 heteroatoms. The molecule has 0 aliphatic heterocycles. The highest BCUT2D eigenvalue weighted by Crippen LogP contribution is 2.20. The van der Waals surface area contributed by atoms with E-state index in [9.17, 15) is 4.79 Å². The summed E-state index contributed by atoms with van der Waals surface area (Å²) >= 11 is 0. The predicted molar refractivity (Wildman–Crippen MR) is 111 cm³/mol. The van der Waals surface area contributed by atoms with Crippen LogP contribution in [0.5, 0.6) is 5.75 Å². The van der Waals surface area contributed by atoms with Gasteiger partial charge in [0.05, 0.1) is 38.2 Å².